The summed E-state index contributed by atoms with van der Waals surface area (Å²) in [5.74, 6) is 2.15. The van der Waals surface area contributed by atoms with Gasteiger partial charge in [0, 0.05) is 27.0 Å². The number of hydrogen-bond acceptors (Lipinski definition) is 7. The van der Waals surface area contributed by atoms with E-state index in [1.807, 2.05) is 42.5 Å². The molecule has 0 fully saturated rings. The Balaban J connectivity index is 1.57. The lowest BCUT2D eigenvalue weighted by atomic mass is 10.2. The number of aryl methyl sites for hydroxylation is 2. The van der Waals surface area contributed by atoms with Crippen LogP contribution in [-0.4, -0.2) is 31.7 Å². The molecule has 138 valence electrons. The average Bonchev–Trinajstić information content (AvgIpc) is 3.26. The summed E-state index contributed by atoms with van der Waals surface area (Å²) in [7, 11) is 1.67. The van der Waals surface area contributed by atoms with Crippen molar-refractivity contribution in [3.63, 3.8) is 0 Å². The number of hydrogen-bond donors (Lipinski definition) is 0. The van der Waals surface area contributed by atoms with Crippen LogP contribution in [0.2, 0.25) is 0 Å². The molecule has 0 aliphatic heterocycles. The Hall–Kier alpha value is -1.97. The van der Waals surface area contributed by atoms with Gasteiger partial charge in [-0.25, -0.2) is 9.97 Å². The lowest BCUT2D eigenvalue weighted by molar-refractivity contribution is 0.416. The van der Waals surface area contributed by atoms with Crippen LogP contribution in [0.25, 0.3) is 16.3 Å². The highest BCUT2D eigenvalue weighted by atomic mass is 79.9. The van der Waals surface area contributed by atoms with Gasteiger partial charge in [-0.15, -0.1) is 21.5 Å². The van der Waals surface area contributed by atoms with Crippen LogP contribution >= 0.6 is 39.0 Å². The predicted octanol–water partition coefficient (Wildman–Crippen LogP) is 4.93. The number of rotatable bonds is 5. The smallest absolute Gasteiger partial charge is 0.256 e. The Morgan fingerprint density at radius 2 is 2.04 bits per heavy atom. The molecule has 0 amide bonds. The molecule has 0 unspecified atom stereocenters. The molecular weight excluding hydrogens is 446 g/mol. The minimum atomic E-state index is 0.632. The van der Waals surface area contributed by atoms with E-state index in [1.54, 1.807) is 30.2 Å². The molecule has 0 N–H and O–H groups in total. The van der Waals surface area contributed by atoms with Gasteiger partial charge in [-0.05, 0) is 38.1 Å². The average molecular weight is 462 g/mol. The van der Waals surface area contributed by atoms with Gasteiger partial charge >= 0.3 is 0 Å². The Labute approximate surface area is 173 Å². The monoisotopic (exact) mass is 461 g/mol. The van der Waals surface area contributed by atoms with Gasteiger partial charge in [0.2, 0.25) is 0 Å². The standard InChI is InChI=1S/C18H16BrN5OS2/c1-10-6-11(2)24-17(20-10)22-23-18(24)27-9-13-8-26-16(21-13)14-7-12(19)4-5-15(14)25-3/h4-8H,9H2,1-3H3. The molecule has 27 heavy (non-hydrogen) atoms. The van der Waals surface area contributed by atoms with Crippen molar-refractivity contribution in [2.45, 2.75) is 24.8 Å². The van der Waals surface area contributed by atoms with Gasteiger partial charge in [-0.2, -0.15) is 0 Å². The van der Waals surface area contributed by atoms with E-state index in [2.05, 4.69) is 36.5 Å². The lowest BCUT2D eigenvalue weighted by Gasteiger charge is -2.06. The maximum absolute atomic E-state index is 5.47. The fourth-order valence-electron chi connectivity index (χ4n) is 2.78. The fourth-order valence-corrected chi connectivity index (χ4v) is 4.96. The first kappa shape index (κ1) is 18.4. The summed E-state index contributed by atoms with van der Waals surface area (Å²) in [6.07, 6.45) is 0. The van der Waals surface area contributed by atoms with E-state index in [-0.39, 0.29) is 0 Å². The highest BCUT2D eigenvalue weighted by Crippen LogP contribution is 2.35. The van der Waals surface area contributed by atoms with E-state index >= 15 is 0 Å². The van der Waals surface area contributed by atoms with Gasteiger partial charge in [0.1, 0.15) is 10.8 Å². The number of nitrogens with zero attached hydrogens (tertiary/aromatic N) is 5. The van der Waals surface area contributed by atoms with Crippen LogP contribution in [0.1, 0.15) is 17.1 Å². The summed E-state index contributed by atoms with van der Waals surface area (Å²) in [6.45, 7) is 4.00. The van der Waals surface area contributed by atoms with Gasteiger partial charge in [0.25, 0.3) is 5.78 Å². The highest BCUT2D eigenvalue weighted by Gasteiger charge is 2.14. The van der Waals surface area contributed by atoms with Crippen molar-refractivity contribution < 1.29 is 4.74 Å². The number of thiazole rings is 1. The summed E-state index contributed by atoms with van der Waals surface area (Å²) >= 11 is 6.73. The third-order valence-electron chi connectivity index (χ3n) is 3.96. The molecule has 0 bridgehead atoms. The zero-order chi connectivity index (χ0) is 19.0. The summed E-state index contributed by atoms with van der Waals surface area (Å²) in [6, 6.07) is 7.95. The van der Waals surface area contributed by atoms with Crippen molar-refractivity contribution in [2.75, 3.05) is 7.11 Å². The zero-order valence-electron chi connectivity index (χ0n) is 14.9. The van der Waals surface area contributed by atoms with E-state index < -0.39 is 0 Å². The van der Waals surface area contributed by atoms with Gasteiger partial charge in [-0.1, -0.05) is 27.7 Å². The van der Waals surface area contributed by atoms with Crippen LogP contribution in [0.4, 0.5) is 0 Å². The molecule has 0 radical (unpaired) electrons. The van der Waals surface area contributed by atoms with E-state index in [1.165, 1.54) is 0 Å². The first-order chi connectivity index (χ1) is 13.0. The number of fused-ring (bicyclic) bond motifs is 1. The van der Waals surface area contributed by atoms with Crippen LogP contribution in [-0.2, 0) is 5.75 Å². The van der Waals surface area contributed by atoms with Crippen molar-refractivity contribution >= 4 is 44.8 Å². The first-order valence-electron chi connectivity index (χ1n) is 8.15. The SMILES string of the molecule is COc1ccc(Br)cc1-c1nc(CSc2nnc3nc(C)cc(C)n23)cs1. The van der Waals surface area contributed by atoms with Crippen molar-refractivity contribution in [1.29, 1.82) is 0 Å². The van der Waals surface area contributed by atoms with E-state index in [9.17, 15) is 0 Å². The highest BCUT2D eigenvalue weighted by molar-refractivity contribution is 9.10. The molecule has 1 aromatic carbocycles. The molecule has 0 saturated heterocycles. The molecule has 0 aliphatic carbocycles. The Kier molecular flexibility index (Phi) is 5.16. The van der Waals surface area contributed by atoms with Crippen molar-refractivity contribution in [2.24, 2.45) is 0 Å². The predicted molar refractivity (Wildman–Crippen MR) is 112 cm³/mol. The largest absolute Gasteiger partial charge is 0.496 e. The number of aromatic nitrogens is 5. The Bertz CT molecular complexity index is 1120. The molecule has 0 spiro atoms. The van der Waals surface area contributed by atoms with Gasteiger partial charge in [0.05, 0.1) is 18.4 Å². The molecule has 3 heterocycles. The molecule has 4 rings (SSSR count). The van der Waals surface area contributed by atoms with E-state index in [0.717, 1.165) is 43.0 Å². The minimum Gasteiger partial charge on any atom is -0.496 e. The van der Waals surface area contributed by atoms with Crippen LogP contribution < -0.4 is 4.74 Å². The zero-order valence-corrected chi connectivity index (χ0v) is 18.2. The quantitative estimate of drug-likeness (QED) is 0.392. The maximum atomic E-state index is 5.47. The van der Waals surface area contributed by atoms with Gasteiger partial charge in [0.15, 0.2) is 5.16 Å². The normalized spacial score (nSPS) is 11.3. The van der Waals surface area contributed by atoms with Crippen LogP contribution in [0.15, 0.2) is 39.3 Å². The van der Waals surface area contributed by atoms with Crippen LogP contribution in [0.3, 0.4) is 0 Å². The third kappa shape index (κ3) is 3.71. The second-order valence-electron chi connectivity index (χ2n) is 5.93. The third-order valence-corrected chi connectivity index (χ3v) is 6.34. The van der Waals surface area contributed by atoms with Crippen LogP contribution in [0.5, 0.6) is 5.75 Å². The number of ether oxygens (including phenoxy) is 1. The Morgan fingerprint density at radius 3 is 2.85 bits per heavy atom. The fraction of sp³-hybridized carbons (Fsp3) is 0.222. The van der Waals surface area contributed by atoms with Gasteiger partial charge < -0.3 is 4.74 Å². The molecule has 6 nitrogen and oxygen atoms in total. The second kappa shape index (κ2) is 7.57. The van der Waals surface area contributed by atoms with E-state index in [0.29, 0.717) is 11.5 Å². The first-order valence-corrected chi connectivity index (χ1v) is 10.8. The summed E-state index contributed by atoms with van der Waals surface area (Å²) < 4.78 is 8.44. The molecule has 0 aliphatic rings. The topological polar surface area (TPSA) is 65.2 Å². The summed E-state index contributed by atoms with van der Waals surface area (Å²) in [5.41, 5.74) is 3.99. The van der Waals surface area contributed by atoms with Crippen molar-refractivity contribution in [1.82, 2.24) is 24.6 Å². The van der Waals surface area contributed by atoms with Crippen molar-refractivity contribution in [3.05, 3.63) is 51.2 Å². The second-order valence-corrected chi connectivity index (χ2v) is 8.65. The summed E-state index contributed by atoms with van der Waals surface area (Å²) in [4.78, 5) is 9.20. The number of halogens is 1. The maximum Gasteiger partial charge on any atom is 0.256 e. The molecule has 0 atom stereocenters. The van der Waals surface area contributed by atoms with E-state index in [4.69, 9.17) is 9.72 Å². The molecule has 0 saturated carbocycles. The van der Waals surface area contributed by atoms with Crippen molar-refractivity contribution in [3.8, 4) is 16.3 Å². The Morgan fingerprint density at radius 1 is 1.19 bits per heavy atom. The number of benzene rings is 1. The molecule has 3 aromatic heterocycles. The molecular formula is C18H16BrN5OS2. The van der Waals surface area contributed by atoms with Gasteiger partial charge in [-0.3, -0.25) is 4.40 Å². The lowest BCUT2D eigenvalue weighted by Crippen LogP contribution is -1.97. The number of thioether (sulfide) groups is 1. The summed E-state index contributed by atoms with van der Waals surface area (Å²) in [5, 5.41) is 12.3. The minimum absolute atomic E-state index is 0.632. The molecule has 4 aromatic rings. The number of methoxy groups -OCH3 is 1. The molecule has 9 heteroatoms. The van der Waals surface area contributed by atoms with Crippen LogP contribution in [0, 0.1) is 13.8 Å².